The maximum absolute atomic E-state index is 11.7. The maximum atomic E-state index is 11.7. The molecular formula is C30H50O9. The molecule has 1 aromatic carbocycles. The van der Waals surface area contributed by atoms with E-state index in [0.29, 0.717) is 25.4 Å². The highest BCUT2D eigenvalue weighted by Crippen LogP contribution is 2.24. The zero-order chi connectivity index (χ0) is 30.1. The molecule has 2 rings (SSSR count). The Kier molecular flexibility index (Phi) is 17.3. The smallest absolute Gasteiger partial charge is 0.316 e. The second-order valence-corrected chi connectivity index (χ2v) is 10.8. The zero-order valence-electron chi connectivity index (χ0n) is 25.1. The van der Waals surface area contributed by atoms with Crippen LogP contribution in [0.2, 0.25) is 0 Å². The highest BCUT2D eigenvalue weighted by atomic mass is 16.6. The van der Waals surface area contributed by atoms with E-state index < -0.39 is 5.41 Å². The Morgan fingerprint density at radius 1 is 0.949 bits per heavy atom. The van der Waals surface area contributed by atoms with Crippen LogP contribution in [0.25, 0.3) is 0 Å². The number of epoxide rings is 1. The molecule has 1 aliphatic rings. The van der Waals surface area contributed by atoms with Gasteiger partial charge in [0.15, 0.2) is 0 Å². The fourth-order valence-electron chi connectivity index (χ4n) is 2.27. The summed E-state index contributed by atoms with van der Waals surface area (Å²) < 4.78 is 20.1. The summed E-state index contributed by atoms with van der Waals surface area (Å²) in [4.78, 5) is 34.1. The van der Waals surface area contributed by atoms with Crippen LogP contribution in [-0.4, -0.2) is 60.7 Å². The molecule has 9 heteroatoms. The number of hydrogen-bond donors (Lipinski definition) is 2. The van der Waals surface area contributed by atoms with Gasteiger partial charge in [0.1, 0.15) is 24.2 Å². The molecule has 0 aliphatic carbocycles. The summed E-state index contributed by atoms with van der Waals surface area (Å²) in [7, 11) is 0. The highest BCUT2D eigenvalue weighted by Gasteiger charge is 2.30. The molecule has 1 aliphatic heterocycles. The standard InChI is InChI=1S/C12H16O3.C9H16O3.C9H18O3/c1-4-12(2,3)11(14)15-10-7-5-9(13)6-8-10;1-4-9(2,3)8(10)12-6-7-5-11-7;1-3-8(2)9(11)12-7-5-4-6-10/h5-8,13H,4H2,1-3H3;7H,4-6H2,1-3H3;8,10H,3-7H2,1-2H3. The number of aromatic hydroxyl groups is 1. The van der Waals surface area contributed by atoms with Crippen LogP contribution in [-0.2, 0) is 28.6 Å². The van der Waals surface area contributed by atoms with Gasteiger partial charge in [-0.3, -0.25) is 14.4 Å². The highest BCUT2D eigenvalue weighted by molar-refractivity contribution is 5.78. The van der Waals surface area contributed by atoms with Crippen LogP contribution < -0.4 is 4.74 Å². The van der Waals surface area contributed by atoms with Crippen molar-refractivity contribution < 1.29 is 43.5 Å². The molecule has 224 valence electrons. The van der Waals surface area contributed by atoms with Crippen LogP contribution in [0.5, 0.6) is 11.5 Å². The lowest BCUT2D eigenvalue weighted by Crippen LogP contribution is -2.28. The fraction of sp³-hybridized carbons (Fsp3) is 0.700. The van der Waals surface area contributed by atoms with Gasteiger partial charge < -0.3 is 29.2 Å². The summed E-state index contributed by atoms with van der Waals surface area (Å²) in [6, 6.07) is 6.11. The first-order valence-electron chi connectivity index (χ1n) is 13.8. The van der Waals surface area contributed by atoms with E-state index in [2.05, 4.69) is 0 Å². The normalized spacial score (nSPS) is 14.9. The lowest BCUT2D eigenvalue weighted by Gasteiger charge is -2.19. The Balaban J connectivity index is 0.000000561. The summed E-state index contributed by atoms with van der Waals surface area (Å²) in [5, 5.41) is 17.5. The number of phenolic OH excluding ortho intramolecular Hbond substituents is 1. The third-order valence-electron chi connectivity index (χ3n) is 6.53. The molecule has 0 saturated carbocycles. The minimum absolute atomic E-state index is 0.000809. The van der Waals surface area contributed by atoms with Gasteiger partial charge in [0.25, 0.3) is 0 Å². The molecule has 9 nitrogen and oxygen atoms in total. The number of aliphatic hydroxyl groups is 1. The van der Waals surface area contributed by atoms with Gasteiger partial charge in [-0.25, -0.2) is 0 Å². The number of benzene rings is 1. The molecular weight excluding hydrogens is 504 g/mol. The molecule has 2 atom stereocenters. The van der Waals surface area contributed by atoms with Gasteiger partial charge in [-0.15, -0.1) is 0 Å². The van der Waals surface area contributed by atoms with Gasteiger partial charge in [0, 0.05) is 6.61 Å². The van der Waals surface area contributed by atoms with Gasteiger partial charge in [0.2, 0.25) is 0 Å². The molecule has 2 unspecified atom stereocenters. The first kappa shape index (κ1) is 36.4. The first-order valence-corrected chi connectivity index (χ1v) is 13.8. The summed E-state index contributed by atoms with van der Waals surface area (Å²) in [5.74, 6) is 0.106. The Labute approximate surface area is 234 Å². The second-order valence-electron chi connectivity index (χ2n) is 10.8. The quantitative estimate of drug-likeness (QED) is 0.141. The number of carbonyl (C=O) groups excluding carboxylic acids is 3. The number of rotatable bonds is 13. The van der Waals surface area contributed by atoms with E-state index in [1.807, 2.05) is 55.4 Å². The Bertz CT molecular complexity index is 842. The number of phenols is 1. The van der Waals surface area contributed by atoms with E-state index >= 15 is 0 Å². The Morgan fingerprint density at radius 3 is 1.95 bits per heavy atom. The zero-order valence-corrected chi connectivity index (χ0v) is 25.1. The lowest BCUT2D eigenvalue weighted by atomic mass is 9.91. The molecule has 0 aromatic heterocycles. The largest absolute Gasteiger partial charge is 0.508 e. The molecule has 1 saturated heterocycles. The van der Waals surface area contributed by atoms with Crippen molar-refractivity contribution in [1.82, 2.24) is 0 Å². The fourth-order valence-corrected chi connectivity index (χ4v) is 2.27. The van der Waals surface area contributed by atoms with Crippen molar-refractivity contribution in [2.24, 2.45) is 16.7 Å². The number of ether oxygens (including phenoxy) is 4. The molecule has 0 amide bonds. The van der Waals surface area contributed by atoms with Crippen LogP contribution in [0.3, 0.4) is 0 Å². The number of hydrogen-bond acceptors (Lipinski definition) is 9. The lowest BCUT2D eigenvalue weighted by molar-refractivity contribution is -0.154. The minimum atomic E-state index is -0.474. The van der Waals surface area contributed by atoms with Crippen molar-refractivity contribution in [3.05, 3.63) is 24.3 Å². The molecule has 0 radical (unpaired) electrons. The van der Waals surface area contributed by atoms with E-state index in [9.17, 15) is 14.4 Å². The molecule has 1 fully saturated rings. The number of aliphatic hydroxyl groups excluding tert-OH is 1. The Morgan fingerprint density at radius 2 is 1.49 bits per heavy atom. The average Bonchev–Trinajstić information content (AvgIpc) is 3.75. The van der Waals surface area contributed by atoms with Gasteiger partial charge >= 0.3 is 17.9 Å². The molecule has 0 bridgehead atoms. The van der Waals surface area contributed by atoms with Crippen LogP contribution in [0.4, 0.5) is 0 Å². The van der Waals surface area contributed by atoms with Crippen molar-refractivity contribution in [3.8, 4) is 11.5 Å². The predicted octanol–water partition coefficient (Wildman–Crippen LogP) is 5.45. The third kappa shape index (κ3) is 16.1. The first-order chi connectivity index (χ1) is 18.2. The van der Waals surface area contributed by atoms with Crippen LogP contribution in [0.15, 0.2) is 24.3 Å². The van der Waals surface area contributed by atoms with E-state index in [0.717, 1.165) is 32.3 Å². The summed E-state index contributed by atoms with van der Waals surface area (Å²) in [5.41, 5.74) is -0.827. The second kappa shape index (κ2) is 18.6. The maximum Gasteiger partial charge on any atom is 0.316 e. The number of esters is 3. The van der Waals surface area contributed by atoms with Crippen LogP contribution in [0.1, 0.15) is 87.5 Å². The van der Waals surface area contributed by atoms with Crippen molar-refractivity contribution in [2.45, 2.75) is 93.6 Å². The van der Waals surface area contributed by atoms with Gasteiger partial charge in [-0.1, -0.05) is 27.7 Å². The van der Waals surface area contributed by atoms with E-state index in [1.165, 1.54) is 12.1 Å². The summed E-state index contributed by atoms with van der Waals surface area (Å²) in [6.45, 7) is 17.0. The van der Waals surface area contributed by atoms with E-state index in [1.54, 1.807) is 12.1 Å². The van der Waals surface area contributed by atoms with Crippen molar-refractivity contribution in [2.75, 3.05) is 26.4 Å². The monoisotopic (exact) mass is 554 g/mol. The molecule has 2 N–H and O–H groups in total. The predicted molar refractivity (Wildman–Crippen MR) is 149 cm³/mol. The number of carbonyl (C=O) groups is 3. The third-order valence-corrected chi connectivity index (χ3v) is 6.53. The SMILES string of the molecule is CCC(C)(C)C(=O)OCC1CO1.CCC(C)(C)C(=O)Oc1ccc(O)cc1.CCC(C)C(=O)OCCCCO. The molecule has 1 aromatic rings. The molecule has 39 heavy (non-hydrogen) atoms. The van der Waals surface area contributed by atoms with Crippen LogP contribution in [0, 0.1) is 16.7 Å². The molecule has 0 spiro atoms. The number of unbranched alkanes of at least 4 members (excludes halogenated alkanes) is 1. The van der Waals surface area contributed by atoms with Crippen LogP contribution >= 0.6 is 0 Å². The van der Waals surface area contributed by atoms with E-state index in [-0.39, 0.29) is 47.7 Å². The summed E-state index contributed by atoms with van der Waals surface area (Å²) in [6.07, 6.45) is 3.97. The van der Waals surface area contributed by atoms with Gasteiger partial charge in [-0.2, -0.15) is 0 Å². The Hall–Kier alpha value is -2.65. The van der Waals surface area contributed by atoms with Gasteiger partial charge in [-0.05, 0) is 84.1 Å². The molecule has 1 heterocycles. The van der Waals surface area contributed by atoms with Gasteiger partial charge in [0.05, 0.1) is 30.0 Å². The van der Waals surface area contributed by atoms with Crippen molar-refractivity contribution in [3.63, 3.8) is 0 Å². The minimum Gasteiger partial charge on any atom is -0.508 e. The topological polar surface area (TPSA) is 132 Å². The summed E-state index contributed by atoms with van der Waals surface area (Å²) >= 11 is 0. The van der Waals surface area contributed by atoms with Crippen molar-refractivity contribution in [1.29, 1.82) is 0 Å². The van der Waals surface area contributed by atoms with E-state index in [4.69, 9.17) is 29.2 Å². The average molecular weight is 555 g/mol. The van der Waals surface area contributed by atoms with Crippen molar-refractivity contribution >= 4 is 17.9 Å².